The van der Waals surface area contributed by atoms with Crippen molar-refractivity contribution in [3.8, 4) is 0 Å². The molecule has 1 fully saturated rings. The molecular formula is C15H21F3N2. The van der Waals surface area contributed by atoms with Crippen LogP contribution < -0.4 is 5.32 Å². The van der Waals surface area contributed by atoms with Gasteiger partial charge in [-0.15, -0.1) is 0 Å². The Bertz CT molecular complexity index is 432. The minimum atomic E-state index is -4.11. The summed E-state index contributed by atoms with van der Waals surface area (Å²) in [6.07, 6.45) is -4.87. The van der Waals surface area contributed by atoms with Gasteiger partial charge < -0.3 is 5.32 Å². The monoisotopic (exact) mass is 286 g/mol. The van der Waals surface area contributed by atoms with Crippen molar-refractivity contribution < 1.29 is 13.2 Å². The molecule has 1 heterocycles. The molecule has 0 bridgehead atoms. The largest absolute Gasteiger partial charge is 0.390 e. The van der Waals surface area contributed by atoms with Crippen LogP contribution in [-0.2, 0) is 5.54 Å². The Morgan fingerprint density at radius 1 is 1.30 bits per heavy atom. The third kappa shape index (κ3) is 3.52. The normalized spacial score (nSPS) is 28.6. The second-order valence-corrected chi connectivity index (χ2v) is 5.73. The SMILES string of the molecule is CC1CN(CCC(F)(F)F)C(C)(c2ccccc2)CN1. The Balaban J connectivity index is 2.19. The van der Waals surface area contributed by atoms with Crippen LogP contribution in [0.25, 0.3) is 0 Å². The van der Waals surface area contributed by atoms with Crippen LogP contribution in [-0.4, -0.2) is 36.8 Å². The molecule has 1 N–H and O–H groups in total. The van der Waals surface area contributed by atoms with Gasteiger partial charge in [0.1, 0.15) is 0 Å². The molecule has 1 aromatic carbocycles. The molecule has 2 nitrogen and oxygen atoms in total. The van der Waals surface area contributed by atoms with E-state index in [0.29, 0.717) is 13.1 Å². The minimum absolute atomic E-state index is 0.0426. The number of nitrogens with one attached hydrogen (secondary N) is 1. The molecule has 0 amide bonds. The number of halogens is 3. The standard InChI is InChI=1S/C15H21F3N2/c1-12-10-20(9-8-15(16,17)18)14(2,11-19-12)13-6-4-3-5-7-13/h3-7,12,19H,8-11H2,1-2H3. The zero-order valence-electron chi connectivity index (χ0n) is 11.9. The van der Waals surface area contributed by atoms with Gasteiger partial charge in [-0.05, 0) is 19.4 Å². The maximum Gasteiger partial charge on any atom is 0.390 e. The van der Waals surface area contributed by atoms with Crippen LogP contribution in [0.5, 0.6) is 0 Å². The lowest BCUT2D eigenvalue weighted by Gasteiger charge is -2.48. The van der Waals surface area contributed by atoms with Crippen molar-refractivity contribution in [3.63, 3.8) is 0 Å². The fourth-order valence-electron chi connectivity index (χ4n) is 2.76. The number of hydrogen-bond acceptors (Lipinski definition) is 2. The summed E-state index contributed by atoms with van der Waals surface area (Å²) in [7, 11) is 0. The van der Waals surface area contributed by atoms with Crippen LogP contribution in [0.4, 0.5) is 13.2 Å². The Morgan fingerprint density at radius 3 is 2.55 bits per heavy atom. The van der Waals surface area contributed by atoms with Crippen LogP contribution in [0.15, 0.2) is 30.3 Å². The Morgan fingerprint density at radius 2 is 1.95 bits per heavy atom. The van der Waals surface area contributed by atoms with E-state index in [0.717, 1.165) is 5.56 Å². The maximum atomic E-state index is 12.5. The zero-order valence-corrected chi connectivity index (χ0v) is 11.9. The Kier molecular flexibility index (Phi) is 4.39. The summed E-state index contributed by atoms with van der Waals surface area (Å²) in [6.45, 7) is 5.35. The quantitative estimate of drug-likeness (QED) is 0.918. The summed E-state index contributed by atoms with van der Waals surface area (Å²) in [5.74, 6) is 0. The fraction of sp³-hybridized carbons (Fsp3) is 0.600. The van der Waals surface area contributed by atoms with E-state index in [-0.39, 0.29) is 18.1 Å². The molecule has 2 unspecified atom stereocenters. The Labute approximate surface area is 118 Å². The number of hydrogen-bond donors (Lipinski definition) is 1. The van der Waals surface area contributed by atoms with Gasteiger partial charge in [-0.2, -0.15) is 13.2 Å². The average molecular weight is 286 g/mol. The summed E-state index contributed by atoms with van der Waals surface area (Å²) in [5.41, 5.74) is 0.667. The van der Waals surface area contributed by atoms with Crippen LogP contribution >= 0.6 is 0 Å². The zero-order chi connectivity index (χ0) is 14.8. The van der Waals surface area contributed by atoms with Crippen LogP contribution in [0.3, 0.4) is 0 Å². The topological polar surface area (TPSA) is 15.3 Å². The predicted molar refractivity (Wildman–Crippen MR) is 73.5 cm³/mol. The van der Waals surface area contributed by atoms with Gasteiger partial charge in [0.15, 0.2) is 0 Å². The first-order valence-corrected chi connectivity index (χ1v) is 6.92. The van der Waals surface area contributed by atoms with Gasteiger partial charge in [0.25, 0.3) is 0 Å². The summed E-state index contributed by atoms with van der Waals surface area (Å²) < 4.78 is 37.6. The first-order valence-electron chi connectivity index (χ1n) is 6.92. The number of nitrogens with zero attached hydrogens (tertiary/aromatic N) is 1. The number of rotatable bonds is 3. The van der Waals surface area contributed by atoms with E-state index in [1.807, 2.05) is 49.1 Å². The molecule has 0 aliphatic carbocycles. The number of piperazine rings is 1. The van der Waals surface area contributed by atoms with Crippen molar-refractivity contribution in [3.05, 3.63) is 35.9 Å². The molecule has 1 aliphatic rings. The smallest absolute Gasteiger partial charge is 0.311 e. The first-order chi connectivity index (χ1) is 9.31. The molecule has 0 aromatic heterocycles. The van der Waals surface area contributed by atoms with Crippen LogP contribution in [0.1, 0.15) is 25.8 Å². The average Bonchev–Trinajstić information content (AvgIpc) is 2.40. The van der Waals surface area contributed by atoms with E-state index in [2.05, 4.69) is 5.32 Å². The molecule has 112 valence electrons. The van der Waals surface area contributed by atoms with Gasteiger partial charge in [0.05, 0.1) is 12.0 Å². The molecule has 1 aromatic rings. The van der Waals surface area contributed by atoms with Crippen LogP contribution in [0.2, 0.25) is 0 Å². The van der Waals surface area contributed by atoms with Gasteiger partial charge in [-0.3, -0.25) is 4.90 Å². The molecule has 0 saturated carbocycles. The lowest BCUT2D eigenvalue weighted by atomic mass is 9.87. The molecule has 2 rings (SSSR count). The number of benzene rings is 1. The third-order valence-electron chi connectivity index (χ3n) is 4.05. The lowest BCUT2D eigenvalue weighted by molar-refractivity contribution is -0.142. The van der Waals surface area contributed by atoms with Crippen LogP contribution in [0, 0.1) is 0 Å². The molecule has 1 aliphatic heterocycles. The molecule has 1 saturated heterocycles. The van der Waals surface area contributed by atoms with Crippen molar-refractivity contribution in [2.45, 2.75) is 38.0 Å². The second kappa shape index (κ2) is 5.74. The number of alkyl halides is 3. The van der Waals surface area contributed by atoms with Gasteiger partial charge in [-0.1, -0.05) is 30.3 Å². The highest BCUT2D eigenvalue weighted by Gasteiger charge is 2.39. The van der Waals surface area contributed by atoms with Gasteiger partial charge in [-0.25, -0.2) is 0 Å². The molecule has 0 radical (unpaired) electrons. The van der Waals surface area contributed by atoms with Gasteiger partial charge in [0, 0.05) is 25.7 Å². The highest BCUT2D eigenvalue weighted by molar-refractivity contribution is 5.25. The highest BCUT2D eigenvalue weighted by Crippen LogP contribution is 2.32. The predicted octanol–water partition coefficient (Wildman–Crippen LogP) is 3.15. The van der Waals surface area contributed by atoms with Gasteiger partial charge >= 0.3 is 6.18 Å². The van der Waals surface area contributed by atoms with Crippen molar-refractivity contribution in [2.24, 2.45) is 0 Å². The molecule has 5 heteroatoms. The third-order valence-corrected chi connectivity index (χ3v) is 4.05. The molecule has 0 spiro atoms. The summed E-state index contributed by atoms with van der Waals surface area (Å²) >= 11 is 0. The van der Waals surface area contributed by atoms with E-state index >= 15 is 0 Å². The van der Waals surface area contributed by atoms with Crippen molar-refractivity contribution in [2.75, 3.05) is 19.6 Å². The second-order valence-electron chi connectivity index (χ2n) is 5.73. The van der Waals surface area contributed by atoms with Gasteiger partial charge in [0.2, 0.25) is 0 Å². The van der Waals surface area contributed by atoms with E-state index in [1.165, 1.54) is 0 Å². The minimum Gasteiger partial charge on any atom is -0.311 e. The molecule has 2 atom stereocenters. The molecular weight excluding hydrogens is 265 g/mol. The van der Waals surface area contributed by atoms with Crippen molar-refractivity contribution in [1.82, 2.24) is 10.2 Å². The molecule has 20 heavy (non-hydrogen) atoms. The van der Waals surface area contributed by atoms with Crippen molar-refractivity contribution in [1.29, 1.82) is 0 Å². The maximum absolute atomic E-state index is 12.5. The van der Waals surface area contributed by atoms with Crippen molar-refractivity contribution >= 4 is 0 Å². The summed E-state index contributed by atoms with van der Waals surface area (Å²) in [5, 5.41) is 3.38. The first kappa shape index (κ1) is 15.3. The summed E-state index contributed by atoms with van der Waals surface area (Å²) in [6, 6.07) is 9.96. The Hall–Kier alpha value is -1.07. The fourth-order valence-corrected chi connectivity index (χ4v) is 2.76. The van der Waals surface area contributed by atoms with E-state index in [4.69, 9.17) is 0 Å². The van der Waals surface area contributed by atoms with E-state index in [9.17, 15) is 13.2 Å². The summed E-state index contributed by atoms with van der Waals surface area (Å²) in [4.78, 5) is 1.96. The lowest BCUT2D eigenvalue weighted by Crippen LogP contribution is -2.61. The van der Waals surface area contributed by atoms with E-state index in [1.54, 1.807) is 0 Å². The van der Waals surface area contributed by atoms with E-state index < -0.39 is 12.6 Å². The highest BCUT2D eigenvalue weighted by atomic mass is 19.4.